The maximum absolute atomic E-state index is 5.62. The Morgan fingerprint density at radius 3 is 2.35 bits per heavy atom. The van der Waals surface area contributed by atoms with Crippen molar-refractivity contribution < 1.29 is 9.15 Å². The van der Waals surface area contributed by atoms with Crippen molar-refractivity contribution in [2.24, 2.45) is 0 Å². The molecule has 0 aliphatic heterocycles. The highest BCUT2D eigenvalue weighted by atomic mass is 16.5. The Bertz CT molecular complexity index is 541. The molecule has 1 heterocycles. The van der Waals surface area contributed by atoms with Gasteiger partial charge in [-0.05, 0) is 38.5 Å². The predicted octanol–water partition coefficient (Wildman–Crippen LogP) is 2.56. The van der Waals surface area contributed by atoms with Gasteiger partial charge in [0.15, 0.2) is 0 Å². The fourth-order valence-electron chi connectivity index (χ4n) is 1.69. The zero-order chi connectivity index (χ0) is 14.6. The Morgan fingerprint density at radius 1 is 1.10 bits per heavy atom. The summed E-state index contributed by atoms with van der Waals surface area (Å²) in [5.74, 6) is 2.08. The Balaban J connectivity index is 1.94. The number of benzene rings is 1. The van der Waals surface area contributed by atoms with Crippen molar-refractivity contribution in [3.8, 4) is 5.75 Å². The number of hydrogen-bond donors (Lipinski definition) is 1. The highest BCUT2D eigenvalue weighted by Crippen LogP contribution is 2.14. The minimum atomic E-state index is 0.0324. The highest BCUT2D eigenvalue weighted by molar-refractivity contribution is 5.28. The molecule has 1 aromatic carbocycles. The zero-order valence-electron chi connectivity index (χ0n) is 12.4. The lowest BCUT2D eigenvalue weighted by atomic mass is 10.1. The van der Waals surface area contributed by atoms with Crippen LogP contribution in [0.4, 0.5) is 0 Å². The molecule has 0 radical (unpaired) electrons. The lowest BCUT2D eigenvalue weighted by Gasteiger charge is -2.18. The molecule has 0 spiro atoms. The number of hydrogen-bond acceptors (Lipinski definition) is 5. The Morgan fingerprint density at radius 2 is 1.75 bits per heavy atom. The van der Waals surface area contributed by atoms with Crippen LogP contribution in [0.3, 0.4) is 0 Å². The average Bonchev–Trinajstić information content (AvgIpc) is 2.84. The van der Waals surface area contributed by atoms with Crippen LogP contribution in [0.1, 0.15) is 38.1 Å². The van der Waals surface area contributed by atoms with Gasteiger partial charge in [0.25, 0.3) is 0 Å². The molecule has 0 bridgehead atoms. The number of aromatic nitrogens is 2. The third-order valence-electron chi connectivity index (χ3n) is 2.79. The molecule has 0 aliphatic rings. The number of methoxy groups -OCH3 is 1. The van der Waals surface area contributed by atoms with Gasteiger partial charge in [-0.25, -0.2) is 0 Å². The van der Waals surface area contributed by atoms with Gasteiger partial charge in [-0.1, -0.05) is 12.1 Å². The van der Waals surface area contributed by atoms with Gasteiger partial charge in [-0.3, -0.25) is 0 Å². The first-order valence-electron chi connectivity index (χ1n) is 6.65. The first-order chi connectivity index (χ1) is 9.46. The van der Waals surface area contributed by atoms with Crippen molar-refractivity contribution in [1.82, 2.24) is 15.5 Å². The van der Waals surface area contributed by atoms with Crippen molar-refractivity contribution in [3.05, 3.63) is 41.6 Å². The van der Waals surface area contributed by atoms with E-state index in [0.717, 1.165) is 11.3 Å². The number of ether oxygens (including phenoxy) is 1. The number of nitrogens with zero attached hydrogens (tertiary/aromatic N) is 2. The third kappa shape index (κ3) is 4.35. The molecule has 1 aromatic heterocycles. The van der Waals surface area contributed by atoms with Gasteiger partial charge in [-0.15, -0.1) is 10.2 Å². The minimum absolute atomic E-state index is 0.0324. The molecule has 0 unspecified atom stereocenters. The summed E-state index contributed by atoms with van der Waals surface area (Å²) in [5.41, 5.74) is 1.15. The van der Waals surface area contributed by atoms with E-state index in [9.17, 15) is 0 Å². The molecule has 5 heteroatoms. The molecule has 0 aliphatic carbocycles. The van der Waals surface area contributed by atoms with Crippen LogP contribution in [-0.2, 0) is 13.0 Å². The van der Waals surface area contributed by atoms with Gasteiger partial charge in [0.1, 0.15) is 5.75 Å². The molecular weight excluding hydrogens is 254 g/mol. The Kier molecular flexibility index (Phi) is 4.39. The second kappa shape index (κ2) is 6.05. The van der Waals surface area contributed by atoms with Crippen LogP contribution >= 0.6 is 0 Å². The molecule has 2 rings (SSSR count). The van der Waals surface area contributed by atoms with Crippen LogP contribution in [0.2, 0.25) is 0 Å². The molecule has 2 aromatic rings. The topological polar surface area (TPSA) is 60.2 Å². The van der Waals surface area contributed by atoms with E-state index in [-0.39, 0.29) is 5.54 Å². The first-order valence-corrected chi connectivity index (χ1v) is 6.65. The van der Waals surface area contributed by atoms with Gasteiger partial charge >= 0.3 is 0 Å². The van der Waals surface area contributed by atoms with E-state index in [1.54, 1.807) is 7.11 Å². The van der Waals surface area contributed by atoms with Crippen molar-refractivity contribution in [2.75, 3.05) is 7.11 Å². The number of rotatable bonds is 5. The second-order valence-corrected chi connectivity index (χ2v) is 5.72. The molecule has 108 valence electrons. The summed E-state index contributed by atoms with van der Waals surface area (Å²) in [4.78, 5) is 0. The Labute approximate surface area is 119 Å². The van der Waals surface area contributed by atoms with Crippen molar-refractivity contribution in [2.45, 2.75) is 39.3 Å². The van der Waals surface area contributed by atoms with Gasteiger partial charge < -0.3 is 14.5 Å². The largest absolute Gasteiger partial charge is 0.497 e. The summed E-state index contributed by atoms with van der Waals surface area (Å²) in [6, 6.07) is 7.84. The Hall–Kier alpha value is -1.88. The van der Waals surface area contributed by atoms with Gasteiger partial charge in [-0.2, -0.15) is 0 Å². The molecule has 0 saturated carbocycles. The third-order valence-corrected chi connectivity index (χ3v) is 2.79. The average molecular weight is 275 g/mol. The predicted molar refractivity (Wildman–Crippen MR) is 76.7 cm³/mol. The summed E-state index contributed by atoms with van der Waals surface area (Å²) in [6.07, 6.45) is 0.631. The second-order valence-electron chi connectivity index (χ2n) is 5.72. The van der Waals surface area contributed by atoms with Gasteiger partial charge in [0.05, 0.1) is 20.1 Å². The summed E-state index contributed by atoms with van der Waals surface area (Å²) >= 11 is 0. The van der Waals surface area contributed by atoms with E-state index in [1.807, 2.05) is 24.3 Å². The van der Waals surface area contributed by atoms with E-state index in [0.29, 0.717) is 24.7 Å². The molecule has 0 amide bonds. The van der Waals surface area contributed by atoms with Crippen molar-refractivity contribution >= 4 is 0 Å². The van der Waals surface area contributed by atoms with Crippen LogP contribution in [0.25, 0.3) is 0 Å². The SMILES string of the molecule is COc1ccc(Cc2nnc(CNC(C)(C)C)o2)cc1. The lowest BCUT2D eigenvalue weighted by molar-refractivity contribution is 0.372. The summed E-state index contributed by atoms with van der Waals surface area (Å²) < 4.78 is 10.8. The van der Waals surface area contributed by atoms with Gasteiger partial charge in [0, 0.05) is 5.54 Å². The summed E-state index contributed by atoms with van der Waals surface area (Å²) in [7, 11) is 1.65. The van der Waals surface area contributed by atoms with Crippen LogP contribution in [-0.4, -0.2) is 22.8 Å². The van der Waals surface area contributed by atoms with E-state index >= 15 is 0 Å². The molecule has 0 fully saturated rings. The van der Waals surface area contributed by atoms with Crippen LogP contribution in [0, 0.1) is 0 Å². The molecule has 0 atom stereocenters. The highest BCUT2D eigenvalue weighted by Gasteiger charge is 2.12. The maximum Gasteiger partial charge on any atom is 0.230 e. The van der Waals surface area contributed by atoms with E-state index in [1.165, 1.54) is 0 Å². The molecule has 5 nitrogen and oxygen atoms in total. The van der Waals surface area contributed by atoms with Crippen LogP contribution in [0.5, 0.6) is 5.75 Å². The molecule has 20 heavy (non-hydrogen) atoms. The lowest BCUT2D eigenvalue weighted by Crippen LogP contribution is -2.35. The van der Waals surface area contributed by atoms with Gasteiger partial charge in [0.2, 0.25) is 11.8 Å². The molecular formula is C15H21N3O2. The van der Waals surface area contributed by atoms with Crippen molar-refractivity contribution in [1.29, 1.82) is 0 Å². The normalized spacial score (nSPS) is 11.6. The minimum Gasteiger partial charge on any atom is -0.497 e. The monoisotopic (exact) mass is 275 g/mol. The van der Waals surface area contributed by atoms with E-state index < -0.39 is 0 Å². The zero-order valence-corrected chi connectivity index (χ0v) is 12.4. The van der Waals surface area contributed by atoms with E-state index in [2.05, 4.69) is 36.3 Å². The fraction of sp³-hybridized carbons (Fsp3) is 0.467. The standard InChI is InChI=1S/C15H21N3O2/c1-15(2,3)16-10-14-18-17-13(20-14)9-11-5-7-12(19-4)8-6-11/h5-8,16H,9-10H2,1-4H3. The smallest absolute Gasteiger partial charge is 0.230 e. The summed E-state index contributed by atoms with van der Waals surface area (Å²) in [6.45, 7) is 6.88. The summed E-state index contributed by atoms with van der Waals surface area (Å²) in [5, 5.41) is 11.4. The first kappa shape index (κ1) is 14.5. The molecule has 0 saturated heterocycles. The van der Waals surface area contributed by atoms with Crippen LogP contribution in [0.15, 0.2) is 28.7 Å². The quantitative estimate of drug-likeness (QED) is 0.908. The van der Waals surface area contributed by atoms with Crippen LogP contribution < -0.4 is 10.1 Å². The fourth-order valence-corrected chi connectivity index (χ4v) is 1.69. The number of nitrogens with one attached hydrogen (secondary N) is 1. The maximum atomic E-state index is 5.62. The van der Waals surface area contributed by atoms with E-state index in [4.69, 9.17) is 9.15 Å². The molecule has 1 N–H and O–H groups in total. The van der Waals surface area contributed by atoms with Crippen molar-refractivity contribution in [3.63, 3.8) is 0 Å².